The fraction of sp³-hybridized carbons (Fsp3) is 0.235. The predicted octanol–water partition coefficient (Wildman–Crippen LogP) is 5.76. The number of halogens is 1. The fourth-order valence-corrected chi connectivity index (χ4v) is 3.64. The third-order valence-corrected chi connectivity index (χ3v) is 4.67. The first-order chi connectivity index (χ1) is 10.1. The van der Waals surface area contributed by atoms with E-state index in [4.69, 9.17) is 11.6 Å². The minimum Gasteiger partial charge on any atom is -0.375 e. The largest absolute Gasteiger partial charge is 0.375 e. The first-order valence-electron chi connectivity index (χ1n) is 6.99. The second-order valence-electron chi connectivity index (χ2n) is 5.41. The summed E-state index contributed by atoms with van der Waals surface area (Å²) in [4.78, 5) is 5.83. The highest BCUT2D eigenvalue weighted by molar-refractivity contribution is 7.10. The maximum Gasteiger partial charge on any atom is 0.0934 e. The van der Waals surface area contributed by atoms with Crippen molar-refractivity contribution in [3.05, 3.63) is 57.9 Å². The molecule has 108 valence electrons. The Kier molecular flexibility index (Phi) is 4.13. The molecule has 0 aliphatic carbocycles. The van der Waals surface area contributed by atoms with E-state index in [1.165, 1.54) is 4.88 Å². The highest BCUT2D eigenvalue weighted by Crippen LogP contribution is 2.33. The normalized spacial score (nSPS) is 12.8. The maximum absolute atomic E-state index is 6.25. The molecule has 0 saturated carbocycles. The average Bonchev–Trinajstić information content (AvgIpc) is 2.97. The summed E-state index contributed by atoms with van der Waals surface area (Å²) in [6, 6.07) is 12.4. The zero-order valence-electron chi connectivity index (χ0n) is 12.0. The van der Waals surface area contributed by atoms with E-state index in [0.29, 0.717) is 5.92 Å². The SMILES string of the molecule is CC(C)C(Nc1cc(Cl)cc2cccnc12)c1cccs1. The Morgan fingerprint density at radius 2 is 2.05 bits per heavy atom. The topological polar surface area (TPSA) is 24.9 Å². The molecule has 2 nitrogen and oxygen atoms in total. The van der Waals surface area contributed by atoms with Gasteiger partial charge in [-0.1, -0.05) is 37.6 Å². The zero-order valence-corrected chi connectivity index (χ0v) is 13.6. The van der Waals surface area contributed by atoms with Crippen molar-refractivity contribution >= 4 is 39.5 Å². The average molecular weight is 317 g/mol. The number of benzene rings is 1. The van der Waals surface area contributed by atoms with Crippen LogP contribution in [0, 0.1) is 5.92 Å². The van der Waals surface area contributed by atoms with Crippen molar-refractivity contribution in [2.24, 2.45) is 5.92 Å². The lowest BCUT2D eigenvalue weighted by molar-refractivity contribution is 0.554. The summed E-state index contributed by atoms with van der Waals surface area (Å²) >= 11 is 8.02. The Labute approximate surface area is 133 Å². The molecule has 3 aromatic rings. The van der Waals surface area contributed by atoms with Gasteiger partial charge >= 0.3 is 0 Å². The summed E-state index contributed by atoms with van der Waals surface area (Å²) in [6.45, 7) is 4.44. The van der Waals surface area contributed by atoms with Gasteiger partial charge in [-0.2, -0.15) is 0 Å². The van der Waals surface area contributed by atoms with Gasteiger partial charge in [0, 0.05) is 21.5 Å². The molecule has 21 heavy (non-hydrogen) atoms. The maximum atomic E-state index is 6.25. The van der Waals surface area contributed by atoms with Crippen molar-refractivity contribution in [3.63, 3.8) is 0 Å². The Morgan fingerprint density at radius 1 is 1.19 bits per heavy atom. The predicted molar refractivity (Wildman–Crippen MR) is 92.3 cm³/mol. The molecule has 0 spiro atoms. The third kappa shape index (κ3) is 3.04. The van der Waals surface area contributed by atoms with Crippen molar-refractivity contribution in [1.82, 2.24) is 4.98 Å². The number of nitrogens with zero attached hydrogens (tertiary/aromatic N) is 1. The van der Waals surface area contributed by atoms with E-state index in [9.17, 15) is 0 Å². The lowest BCUT2D eigenvalue weighted by atomic mass is 10.0. The molecule has 1 atom stereocenters. The van der Waals surface area contributed by atoms with Crippen LogP contribution in [0.2, 0.25) is 5.02 Å². The molecule has 1 N–H and O–H groups in total. The van der Waals surface area contributed by atoms with Gasteiger partial charge in [-0.05, 0) is 35.6 Å². The van der Waals surface area contributed by atoms with E-state index in [1.807, 2.05) is 30.5 Å². The summed E-state index contributed by atoms with van der Waals surface area (Å²) in [5, 5.41) is 7.53. The highest BCUT2D eigenvalue weighted by atomic mass is 35.5. The van der Waals surface area contributed by atoms with Crippen molar-refractivity contribution in [2.75, 3.05) is 5.32 Å². The Bertz CT molecular complexity index is 738. The monoisotopic (exact) mass is 316 g/mol. The van der Waals surface area contributed by atoms with Crippen LogP contribution in [0.1, 0.15) is 24.8 Å². The van der Waals surface area contributed by atoms with Crippen LogP contribution in [0.5, 0.6) is 0 Å². The molecule has 0 amide bonds. The summed E-state index contributed by atoms with van der Waals surface area (Å²) in [5.41, 5.74) is 1.95. The van der Waals surface area contributed by atoms with Gasteiger partial charge < -0.3 is 5.32 Å². The van der Waals surface area contributed by atoms with Crippen LogP contribution in [0.25, 0.3) is 10.9 Å². The zero-order chi connectivity index (χ0) is 14.8. The number of fused-ring (bicyclic) bond motifs is 1. The van der Waals surface area contributed by atoms with E-state index in [0.717, 1.165) is 21.6 Å². The number of anilines is 1. The third-order valence-electron chi connectivity index (χ3n) is 3.50. The molecule has 0 aliphatic heterocycles. The number of hydrogen-bond acceptors (Lipinski definition) is 3. The summed E-state index contributed by atoms with van der Waals surface area (Å²) in [7, 11) is 0. The van der Waals surface area contributed by atoms with Gasteiger partial charge in [0.2, 0.25) is 0 Å². The van der Waals surface area contributed by atoms with Crippen LogP contribution in [-0.2, 0) is 0 Å². The minimum atomic E-state index is 0.258. The molecule has 2 heterocycles. The van der Waals surface area contributed by atoms with Gasteiger partial charge in [0.05, 0.1) is 17.2 Å². The van der Waals surface area contributed by atoms with Gasteiger partial charge in [-0.3, -0.25) is 4.98 Å². The first-order valence-corrected chi connectivity index (χ1v) is 8.25. The second kappa shape index (κ2) is 6.04. The number of nitrogens with one attached hydrogen (secondary N) is 1. The number of hydrogen-bond donors (Lipinski definition) is 1. The van der Waals surface area contributed by atoms with Crippen LogP contribution < -0.4 is 5.32 Å². The molecule has 4 heteroatoms. The number of aromatic nitrogens is 1. The minimum absolute atomic E-state index is 0.258. The van der Waals surface area contributed by atoms with Gasteiger partial charge in [-0.15, -0.1) is 11.3 Å². The van der Waals surface area contributed by atoms with Crippen molar-refractivity contribution in [3.8, 4) is 0 Å². The summed E-state index contributed by atoms with van der Waals surface area (Å²) in [6.07, 6.45) is 1.82. The smallest absolute Gasteiger partial charge is 0.0934 e. The molecule has 0 fully saturated rings. The molecule has 0 aliphatic rings. The lowest BCUT2D eigenvalue weighted by Gasteiger charge is -2.23. The standard InChI is InChI=1S/C17H17ClN2S/c1-11(2)16(15-6-4-8-21-15)20-14-10-13(18)9-12-5-3-7-19-17(12)14/h3-11,16,20H,1-2H3. The molecule has 2 aromatic heterocycles. The second-order valence-corrected chi connectivity index (χ2v) is 6.83. The number of rotatable bonds is 4. The Morgan fingerprint density at radius 3 is 2.76 bits per heavy atom. The molecule has 0 saturated heterocycles. The van der Waals surface area contributed by atoms with Crippen LogP contribution in [0.15, 0.2) is 48.0 Å². The highest BCUT2D eigenvalue weighted by Gasteiger charge is 2.18. The van der Waals surface area contributed by atoms with Crippen molar-refractivity contribution in [2.45, 2.75) is 19.9 Å². The number of pyridine rings is 1. The van der Waals surface area contributed by atoms with E-state index in [2.05, 4.69) is 41.7 Å². The molecule has 1 unspecified atom stereocenters. The van der Waals surface area contributed by atoms with E-state index < -0.39 is 0 Å². The van der Waals surface area contributed by atoms with Crippen LogP contribution in [0.3, 0.4) is 0 Å². The van der Waals surface area contributed by atoms with E-state index in [-0.39, 0.29) is 6.04 Å². The van der Waals surface area contributed by atoms with E-state index >= 15 is 0 Å². The van der Waals surface area contributed by atoms with Crippen molar-refractivity contribution < 1.29 is 0 Å². The van der Waals surface area contributed by atoms with Crippen LogP contribution >= 0.6 is 22.9 Å². The molecular formula is C17H17ClN2S. The lowest BCUT2D eigenvalue weighted by Crippen LogP contribution is -2.16. The molecule has 1 aromatic carbocycles. The quantitative estimate of drug-likeness (QED) is 0.662. The summed E-state index contributed by atoms with van der Waals surface area (Å²) < 4.78 is 0. The summed E-state index contributed by atoms with van der Waals surface area (Å²) in [5.74, 6) is 0.474. The van der Waals surface area contributed by atoms with Crippen LogP contribution in [-0.4, -0.2) is 4.98 Å². The van der Waals surface area contributed by atoms with Crippen LogP contribution in [0.4, 0.5) is 5.69 Å². The Hall–Kier alpha value is -1.58. The van der Waals surface area contributed by atoms with Gasteiger partial charge in [0.25, 0.3) is 0 Å². The first kappa shape index (κ1) is 14.4. The fourth-order valence-electron chi connectivity index (χ4n) is 2.47. The molecule has 0 radical (unpaired) electrons. The van der Waals surface area contributed by atoms with Crippen molar-refractivity contribution in [1.29, 1.82) is 0 Å². The number of thiophene rings is 1. The van der Waals surface area contributed by atoms with Gasteiger partial charge in [-0.25, -0.2) is 0 Å². The van der Waals surface area contributed by atoms with E-state index in [1.54, 1.807) is 11.3 Å². The van der Waals surface area contributed by atoms with Gasteiger partial charge in [0.1, 0.15) is 0 Å². The molecule has 0 bridgehead atoms. The van der Waals surface area contributed by atoms with Gasteiger partial charge in [0.15, 0.2) is 0 Å². The Balaban J connectivity index is 2.04. The molecule has 3 rings (SSSR count). The molecular weight excluding hydrogens is 300 g/mol.